The Bertz CT molecular complexity index is 827. The van der Waals surface area contributed by atoms with E-state index in [9.17, 15) is 4.79 Å². The van der Waals surface area contributed by atoms with E-state index < -0.39 is 0 Å². The van der Waals surface area contributed by atoms with Crippen LogP contribution < -0.4 is 14.4 Å². The molecule has 150 valence electrons. The summed E-state index contributed by atoms with van der Waals surface area (Å²) in [5.41, 5.74) is 4.47. The fourth-order valence-electron chi connectivity index (χ4n) is 3.68. The summed E-state index contributed by atoms with van der Waals surface area (Å²) in [6.45, 7) is 12.3. The Kier molecular flexibility index (Phi) is 6.45. The summed E-state index contributed by atoms with van der Waals surface area (Å²) in [7, 11) is 0. The molecule has 0 radical (unpaired) electrons. The van der Waals surface area contributed by atoms with E-state index in [2.05, 4.69) is 36.9 Å². The second-order valence-corrected chi connectivity index (χ2v) is 7.10. The number of carbonyl (C=O) groups excluding carboxylic acids is 1. The number of hydrogen-bond donors (Lipinski definition) is 0. The molecule has 1 heterocycles. The van der Waals surface area contributed by atoms with Crippen molar-refractivity contribution in [2.75, 3.05) is 44.3 Å². The number of amides is 1. The van der Waals surface area contributed by atoms with Gasteiger partial charge in [-0.05, 0) is 57.5 Å². The first kappa shape index (κ1) is 20.1. The molecule has 2 aromatic carbocycles. The molecule has 0 aliphatic carbocycles. The van der Waals surface area contributed by atoms with Gasteiger partial charge in [0, 0.05) is 37.4 Å². The second-order valence-electron chi connectivity index (χ2n) is 7.10. The molecule has 0 spiro atoms. The Hall–Kier alpha value is -2.69. The van der Waals surface area contributed by atoms with Crippen LogP contribution in [0.15, 0.2) is 36.4 Å². The van der Waals surface area contributed by atoms with E-state index in [1.807, 2.05) is 30.9 Å². The maximum absolute atomic E-state index is 13.0. The van der Waals surface area contributed by atoms with E-state index in [-0.39, 0.29) is 5.91 Å². The van der Waals surface area contributed by atoms with Gasteiger partial charge in [0.05, 0.1) is 13.2 Å². The molecule has 0 atom stereocenters. The minimum atomic E-state index is 0.0456. The van der Waals surface area contributed by atoms with Gasteiger partial charge in [0.1, 0.15) is 0 Å². The lowest BCUT2D eigenvalue weighted by atomic mass is 10.1. The fraction of sp³-hybridized carbons (Fsp3) is 0.435. The predicted molar refractivity (Wildman–Crippen MR) is 113 cm³/mol. The van der Waals surface area contributed by atoms with Gasteiger partial charge in [-0.3, -0.25) is 4.79 Å². The van der Waals surface area contributed by atoms with Gasteiger partial charge in [0.15, 0.2) is 11.5 Å². The number of anilines is 1. The van der Waals surface area contributed by atoms with Crippen LogP contribution >= 0.6 is 0 Å². The van der Waals surface area contributed by atoms with E-state index in [0.717, 1.165) is 13.1 Å². The first-order valence-electron chi connectivity index (χ1n) is 10.0. The van der Waals surface area contributed by atoms with Crippen LogP contribution in [0.25, 0.3) is 0 Å². The summed E-state index contributed by atoms with van der Waals surface area (Å²) in [6.07, 6.45) is 0. The van der Waals surface area contributed by atoms with Crippen LogP contribution in [0.4, 0.5) is 5.69 Å². The van der Waals surface area contributed by atoms with E-state index in [0.29, 0.717) is 43.4 Å². The molecule has 0 bridgehead atoms. The molecule has 28 heavy (non-hydrogen) atoms. The molecule has 1 fully saturated rings. The van der Waals surface area contributed by atoms with E-state index in [4.69, 9.17) is 9.47 Å². The van der Waals surface area contributed by atoms with Gasteiger partial charge in [0.25, 0.3) is 5.91 Å². The summed E-state index contributed by atoms with van der Waals surface area (Å²) >= 11 is 0. The zero-order valence-corrected chi connectivity index (χ0v) is 17.3. The van der Waals surface area contributed by atoms with Gasteiger partial charge in [-0.2, -0.15) is 0 Å². The maximum Gasteiger partial charge on any atom is 0.254 e. The average molecular weight is 383 g/mol. The second kappa shape index (κ2) is 9.00. The standard InChI is InChI=1S/C23H30N2O3/c1-5-27-21-10-8-19(16-22(21)28-6-2)23(26)25-13-11-24(12-14-25)20-9-7-17(3)15-18(20)4/h7-10,15-16H,5-6,11-14H2,1-4H3. The van der Waals surface area contributed by atoms with Crippen molar-refractivity contribution in [2.45, 2.75) is 27.7 Å². The average Bonchev–Trinajstić information content (AvgIpc) is 2.69. The third-order valence-electron chi connectivity index (χ3n) is 5.05. The molecule has 5 nitrogen and oxygen atoms in total. The number of piperazine rings is 1. The molecule has 0 aromatic heterocycles. The zero-order chi connectivity index (χ0) is 20.1. The maximum atomic E-state index is 13.0. The molecule has 1 amide bonds. The lowest BCUT2D eigenvalue weighted by Crippen LogP contribution is -2.49. The van der Waals surface area contributed by atoms with Crippen LogP contribution in [0, 0.1) is 13.8 Å². The van der Waals surface area contributed by atoms with Gasteiger partial charge in [-0.1, -0.05) is 17.7 Å². The smallest absolute Gasteiger partial charge is 0.254 e. The quantitative estimate of drug-likeness (QED) is 0.755. The Balaban J connectivity index is 1.68. The summed E-state index contributed by atoms with van der Waals surface area (Å²) in [6, 6.07) is 12.0. The fourth-order valence-corrected chi connectivity index (χ4v) is 3.68. The molecule has 1 aliphatic rings. The topological polar surface area (TPSA) is 42.0 Å². The van der Waals surface area contributed by atoms with Gasteiger partial charge in [-0.25, -0.2) is 0 Å². The summed E-state index contributed by atoms with van der Waals surface area (Å²) in [5.74, 6) is 1.36. The molecule has 0 saturated carbocycles. The SMILES string of the molecule is CCOc1ccc(C(=O)N2CCN(c3ccc(C)cc3C)CC2)cc1OCC. The molecular weight excluding hydrogens is 352 g/mol. The third kappa shape index (κ3) is 4.41. The highest BCUT2D eigenvalue weighted by Gasteiger charge is 2.24. The highest BCUT2D eigenvalue weighted by molar-refractivity contribution is 5.95. The van der Waals surface area contributed by atoms with Crippen LogP contribution in [0.2, 0.25) is 0 Å². The molecule has 0 unspecified atom stereocenters. The number of carbonyl (C=O) groups is 1. The molecular formula is C23H30N2O3. The highest BCUT2D eigenvalue weighted by atomic mass is 16.5. The van der Waals surface area contributed by atoms with Crippen LogP contribution in [0.3, 0.4) is 0 Å². The largest absolute Gasteiger partial charge is 0.490 e. The summed E-state index contributed by atoms with van der Waals surface area (Å²) in [4.78, 5) is 17.3. The van der Waals surface area contributed by atoms with Gasteiger partial charge < -0.3 is 19.3 Å². The van der Waals surface area contributed by atoms with Crippen molar-refractivity contribution in [3.63, 3.8) is 0 Å². The molecule has 1 aliphatic heterocycles. The number of benzene rings is 2. The molecule has 2 aromatic rings. The van der Waals surface area contributed by atoms with E-state index in [1.165, 1.54) is 16.8 Å². The number of hydrogen-bond acceptors (Lipinski definition) is 4. The van der Waals surface area contributed by atoms with E-state index >= 15 is 0 Å². The monoisotopic (exact) mass is 382 g/mol. The lowest BCUT2D eigenvalue weighted by molar-refractivity contribution is 0.0746. The van der Waals surface area contributed by atoms with Gasteiger partial charge in [-0.15, -0.1) is 0 Å². The van der Waals surface area contributed by atoms with Crippen molar-refractivity contribution in [1.82, 2.24) is 4.90 Å². The van der Waals surface area contributed by atoms with Gasteiger partial charge in [0.2, 0.25) is 0 Å². The van der Waals surface area contributed by atoms with Crippen LogP contribution in [-0.2, 0) is 0 Å². The zero-order valence-electron chi connectivity index (χ0n) is 17.3. The lowest BCUT2D eigenvalue weighted by Gasteiger charge is -2.37. The molecule has 0 N–H and O–H groups in total. The normalized spacial score (nSPS) is 14.1. The minimum absolute atomic E-state index is 0.0456. The Labute approximate surface area is 167 Å². The van der Waals surface area contributed by atoms with Crippen molar-refractivity contribution in [2.24, 2.45) is 0 Å². The van der Waals surface area contributed by atoms with Crippen molar-refractivity contribution in [3.8, 4) is 11.5 Å². The summed E-state index contributed by atoms with van der Waals surface area (Å²) in [5, 5.41) is 0. The van der Waals surface area contributed by atoms with Crippen LogP contribution in [0.5, 0.6) is 11.5 Å². The van der Waals surface area contributed by atoms with Crippen LogP contribution in [0.1, 0.15) is 35.3 Å². The van der Waals surface area contributed by atoms with Crippen molar-refractivity contribution in [3.05, 3.63) is 53.1 Å². The number of aryl methyl sites for hydroxylation is 2. The third-order valence-corrected chi connectivity index (χ3v) is 5.05. The molecule has 1 saturated heterocycles. The predicted octanol–water partition coefficient (Wildman–Crippen LogP) is 4.06. The number of nitrogens with zero attached hydrogens (tertiary/aromatic N) is 2. The van der Waals surface area contributed by atoms with Crippen molar-refractivity contribution in [1.29, 1.82) is 0 Å². The molecule has 3 rings (SSSR count). The summed E-state index contributed by atoms with van der Waals surface area (Å²) < 4.78 is 11.3. The minimum Gasteiger partial charge on any atom is -0.490 e. The van der Waals surface area contributed by atoms with E-state index in [1.54, 1.807) is 6.07 Å². The Morgan fingerprint density at radius 1 is 0.893 bits per heavy atom. The Morgan fingerprint density at radius 2 is 1.57 bits per heavy atom. The van der Waals surface area contributed by atoms with Crippen molar-refractivity contribution < 1.29 is 14.3 Å². The first-order chi connectivity index (χ1) is 13.5. The Morgan fingerprint density at radius 3 is 2.21 bits per heavy atom. The number of rotatable bonds is 6. The van der Waals surface area contributed by atoms with Crippen LogP contribution in [-0.4, -0.2) is 50.2 Å². The van der Waals surface area contributed by atoms with Gasteiger partial charge >= 0.3 is 0 Å². The highest BCUT2D eigenvalue weighted by Crippen LogP contribution is 2.29. The molecule has 5 heteroatoms. The van der Waals surface area contributed by atoms with Crippen molar-refractivity contribution >= 4 is 11.6 Å². The number of ether oxygens (including phenoxy) is 2. The first-order valence-corrected chi connectivity index (χ1v) is 10.0.